The van der Waals surface area contributed by atoms with Crippen molar-refractivity contribution in [1.82, 2.24) is 10.2 Å². The quantitative estimate of drug-likeness (QED) is 0.294. The summed E-state index contributed by atoms with van der Waals surface area (Å²) < 4.78 is 68.7. The molecule has 0 spiro atoms. The van der Waals surface area contributed by atoms with Gasteiger partial charge in [0.05, 0.1) is 16.1 Å². The van der Waals surface area contributed by atoms with Crippen molar-refractivity contribution in [2.75, 3.05) is 10.8 Å². The molecule has 0 aliphatic heterocycles. The lowest BCUT2D eigenvalue weighted by molar-refractivity contribution is -0.139. The molecule has 0 aliphatic rings. The van der Waals surface area contributed by atoms with Crippen LogP contribution in [0.25, 0.3) is 0 Å². The first kappa shape index (κ1) is 32.0. The number of carbonyl (C=O) groups excluding carboxylic acids is 2. The summed E-state index contributed by atoms with van der Waals surface area (Å²) in [4.78, 5) is 27.9. The maximum atomic E-state index is 13.9. The smallest absolute Gasteiger partial charge is 0.352 e. The van der Waals surface area contributed by atoms with E-state index in [0.29, 0.717) is 27.4 Å². The molecule has 0 saturated heterocycles. The lowest BCUT2D eigenvalue weighted by Crippen LogP contribution is -2.52. The molecule has 0 unspecified atom stereocenters. The first-order chi connectivity index (χ1) is 19.2. The molecule has 12 heteroatoms. The van der Waals surface area contributed by atoms with E-state index in [-0.39, 0.29) is 23.2 Å². The van der Waals surface area contributed by atoms with Crippen LogP contribution >= 0.6 is 11.6 Å². The van der Waals surface area contributed by atoms with Crippen LogP contribution in [0.5, 0.6) is 0 Å². The normalized spacial score (nSPS) is 13.2. The van der Waals surface area contributed by atoms with E-state index >= 15 is 0 Å². The van der Waals surface area contributed by atoms with Crippen molar-refractivity contribution in [1.29, 1.82) is 0 Å². The van der Waals surface area contributed by atoms with E-state index in [1.807, 2.05) is 6.92 Å². The van der Waals surface area contributed by atoms with Gasteiger partial charge in [-0.05, 0) is 68.3 Å². The number of sulfonamides is 1. The maximum Gasteiger partial charge on any atom is 0.416 e. The number of rotatable bonds is 11. The fourth-order valence-corrected chi connectivity index (χ4v) is 5.61. The zero-order chi connectivity index (χ0) is 30.4. The monoisotopic (exact) mass is 609 g/mol. The van der Waals surface area contributed by atoms with Gasteiger partial charge in [-0.2, -0.15) is 13.2 Å². The van der Waals surface area contributed by atoms with Crippen LogP contribution in [0.3, 0.4) is 0 Å². The molecular weight excluding hydrogens is 579 g/mol. The van der Waals surface area contributed by atoms with Gasteiger partial charge in [-0.15, -0.1) is 0 Å². The molecule has 3 rings (SSSR count). The minimum absolute atomic E-state index is 0.101. The second-order valence-electron chi connectivity index (χ2n) is 9.52. The summed E-state index contributed by atoms with van der Waals surface area (Å²) in [5.41, 5.74) is -0.852. The number of carbonyl (C=O) groups is 2. The van der Waals surface area contributed by atoms with E-state index in [2.05, 4.69) is 5.32 Å². The van der Waals surface area contributed by atoms with Crippen molar-refractivity contribution in [2.45, 2.75) is 56.9 Å². The largest absolute Gasteiger partial charge is 0.416 e. The topological polar surface area (TPSA) is 86.8 Å². The maximum absolute atomic E-state index is 13.9. The number of amides is 2. The van der Waals surface area contributed by atoms with E-state index in [1.165, 1.54) is 42.2 Å². The summed E-state index contributed by atoms with van der Waals surface area (Å²) in [6, 6.07) is 16.2. The minimum atomic E-state index is -4.75. The van der Waals surface area contributed by atoms with Crippen molar-refractivity contribution in [3.63, 3.8) is 0 Å². The Morgan fingerprint density at radius 3 is 2.22 bits per heavy atom. The van der Waals surface area contributed by atoms with Crippen LogP contribution in [0.15, 0.2) is 83.8 Å². The van der Waals surface area contributed by atoms with Gasteiger partial charge < -0.3 is 10.2 Å². The van der Waals surface area contributed by atoms with Crippen LogP contribution in [-0.2, 0) is 32.3 Å². The molecule has 2 atom stereocenters. The highest BCUT2D eigenvalue weighted by Gasteiger charge is 2.35. The van der Waals surface area contributed by atoms with Crippen molar-refractivity contribution in [2.24, 2.45) is 0 Å². The highest BCUT2D eigenvalue weighted by molar-refractivity contribution is 7.92. The Kier molecular flexibility index (Phi) is 10.4. The molecule has 41 heavy (non-hydrogen) atoms. The molecule has 0 aliphatic carbocycles. The number of anilines is 1. The van der Waals surface area contributed by atoms with Gasteiger partial charge in [-0.1, -0.05) is 54.9 Å². The number of benzene rings is 3. The summed E-state index contributed by atoms with van der Waals surface area (Å²) in [7, 11) is -4.50. The van der Waals surface area contributed by atoms with Crippen LogP contribution < -0.4 is 9.62 Å². The first-order valence-electron chi connectivity index (χ1n) is 12.8. The van der Waals surface area contributed by atoms with E-state index in [4.69, 9.17) is 11.6 Å². The summed E-state index contributed by atoms with van der Waals surface area (Å²) >= 11 is 6.12. The number of halogens is 4. The van der Waals surface area contributed by atoms with Gasteiger partial charge in [0.25, 0.3) is 10.0 Å². The predicted molar refractivity (Wildman–Crippen MR) is 152 cm³/mol. The standard InChI is InChI=1S/C29H31ClF3N3O4S/c1-4-20(2)34-28(38)21(3)35(18-22-10-8-12-24(30)16-22)27(37)19-36(41(39,40)26-14-6-5-7-15-26)25-13-9-11-23(17-25)29(31,32)33/h5-17,20-21H,4,18-19H2,1-3H3,(H,34,38)/t20-,21+/m0/s1. The Morgan fingerprint density at radius 2 is 1.61 bits per heavy atom. The number of alkyl halides is 3. The predicted octanol–water partition coefficient (Wildman–Crippen LogP) is 5.89. The summed E-state index contributed by atoms with van der Waals surface area (Å²) in [6.45, 7) is 4.22. The van der Waals surface area contributed by atoms with Gasteiger partial charge in [0, 0.05) is 17.6 Å². The average molecular weight is 610 g/mol. The molecule has 0 heterocycles. The summed E-state index contributed by atoms with van der Waals surface area (Å²) in [5, 5.41) is 3.20. The highest BCUT2D eigenvalue weighted by Crippen LogP contribution is 2.33. The van der Waals surface area contributed by atoms with Gasteiger partial charge in [0.15, 0.2) is 0 Å². The lowest BCUT2D eigenvalue weighted by atomic mass is 10.1. The third-order valence-corrected chi connectivity index (χ3v) is 8.50. The minimum Gasteiger partial charge on any atom is -0.352 e. The Morgan fingerprint density at radius 1 is 0.951 bits per heavy atom. The van der Waals surface area contributed by atoms with E-state index in [9.17, 15) is 31.2 Å². The first-order valence-corrected chi connectivity index (χ1v) is 14.6. The van der Waals surface area contributed by atoms with Gasteiger partial charge in [-0.3, -0.25) is 13.9 Å². The van der Waals surface area contributed by atoms with Crippen molar-refractivity contribution in [3.05, 3.63) is 95.0 Å². The molecule has 3 aromatic carbocycles. The molecule has 0 saturated carbocycles. The molecule has 7 nitrogen and oxygen atoms in total. The zero-order valence-corrected chi connectivity index (χ0v) is 24.3. The Hall–Kier alpha value is -3.57. The van der Waals surface area contributed by atoms with E-state index < -0.39 is 46.2 Å². The molecule has 0 bridgehead atoms. The molecule has 220 valence electrons. The Bertz CT molecular complexity index is 1470. The SMILES string of the molecule is CC[C@H](C)NC(=O)[C@@H](C)N(Cc1cccc(Cl)c1)C(=O)CN(c1cccc(C(F)(F)F)c1)S(=O)(=O)c1ccccc1. The van der Waals surface area contributed by atoms with Crippen molar-refractivity contribution >= 4 is 39.1 Å². The fourth-order valence-electron chi connectivity index (χ4n) is 3.97. The lowest BCUT2D eigenvalue weighted by Gasteiger charge is -2.32. The average Bonchev–Trinajstić information content (AvgIpc) is 2.94. The van der Waals surface area contributed by atoms with E-state index in [0.717, 1.165) is 12.1 Å². The number of hydrogen-bond donors (Lipinski definition) is 1. The molecule has 3 aromatic rings. The molecule has 1 N–H and O–H groups in total. The van der Waals surface area contributed by atoms with Crippen molar-refractivity contribution < 1.29 is 31.2 Å². The molecule has 0 fully saturated rings. The molecule has 0 radical (unpaired) electrons. The summed E-state index contributed by atoms with van der Waals surface area (Å²) in [5.74, 6) is -1.26. The van der Waals surface area contributed by atoms with Crippen LogP contribution in [0, 0.1) is 0 Å². The second kappa shape index (κ2) is 13.4. The van der Waals surface area contributed by atoms with E-state index in [1.54, 1.807) is 37.3 Å². The number of nitrogens with zero attached hydrogens (tertiary/aromatic N) is 2. The van der Waals surface area contributed by atoms with Crippen LogP contribution in [0.4, 0.5) is 18.9 Å². The van der Waals surface area contributed by atoms with Crippen LogP contribution in [0.1, 0.15) is 38.3 Å². The third-order valence-electron chi connectivity index (χ3n) is 6.48. The number of nitrogens with one attached hydrogen (secondary N) is 1. The highest BCUT2D eigenvalue weighted by atomic mass is 35.5. The Labute approximate surface area is 243 Å². The second-order valence-corrected chi connectivity index (χ2v) is 11.8. The van der Waals surface area contributed by atoms with Gasteiger partial charge in [0.1, 0.15) is 12.6 Å². The summed E-state index contributed by atoms with van der Waals surface area (Å²) in [6.07, 6.45) is -4.11. The van der Waals surface area contributed by atoms with Crippen LogP contribution in [-0.4, -0.2) is 43.8 Å². The van der Waals surface area contributed by atoms with Gasteiger partial charge >= 0.3 is 6.18 Å². The fraction of sp³-hybridized carbons (Fsp3) is 0.310. The van der Waals surface area contributed by atoms with Gasteiger partial charge in [-0.25, -0.2) is 8.42 Å². The zero-order valence-electron chi connectivity index (χ0n) is 22.7. The molecule has 0 aromatic heterocycles. The van der Waals surface area contributed by atoms with Crippen LogP contribution in [0.2, 0.25) is 5.02 Å². The Balaban J connectivity index is 2.08. The molecular formula is C29H31ClF3N3O4S. The van der Waals surface area contributed by atoms with Crippen molar-refractivity contribution in [3.8, 4) is 0 Å². The number of hydrogen-bond acceptors (Lipinski definition) is 4. The van der Waals surface area contributed by atoms with Gasteiger partial charge in [0.2, 0.25) is 11.8 Å². The third kappa shape index (κ3) is 8.23. The molecule has 2 amide bonds.